The van der Waals surface area contributed by atoms with E-state index in [1.165, 1.54) is 0 Å². The highest BCUT2D eigenvalue weighted by molar-refractivity contribution is 6.30. The predicted octanol–water partition coefficient (Wildman–Crippen LogP) is 2.73. The molecular weight excluding hydrogens is 298 g/mol. The maximum atomic E-state index is 13.1. The van der Waals surface area contributed by atoms with Crippen molar-refractivity contribution >= 4 is 17.5 Å². The Balaban J connectivity index is 1.94. The van der Waals surface area contributed by atoms with Crippen molar-refractivity contribution in [3.8, 4) is 0 Å². The minimum Gasteiger partial charge on any atom is -0.354 e. The molecule has 1 aliphatic heterocycles. The van der Waals surface area contributed by atoms with Crippen molar-refractivity contribution in [3.63, 3.8) is 0 Å². The van der Waals surface area contributed by atoms with Crippen molar-refractivity contribution in [2.75, 3.05) is 13.1 Å². The molecule has 0 radical (unpaired) electrons. The zero-order valence-corrected chi connectivity index (χ0v) is 12.8. The van der Waals surface area contributed by atoms with E-state index in [1.54, 1.807) is 6.07 Å². The van der Waals surface area contributed by atoms with E-state index in [2.05, 4.69) is 10.6 Å². The normalized spacial score (nSPS) is 21.3. The smallest absolute Gasteiger partial charge is 0.262 e. The second-order valence-corrected chi connectivity index (χ2v) is 6.54. The number of rotatable bonds is 4. The number of benzene rings is 1. The van der Waals surface area contributed by atoms with Gasteiger partial charge in [0, 0.05) is 23.4 Å². The molecule has 1 heterocycles. The first-order valence-corrected chi connectivity index (χ1v) is 7.22. The van der Waals surface area contributed by atoms with Gasteiger partial charge in [-0.2, -0.15) is 0 Å². The van der Waals surface area contributed by atoms with Crippen LogP contribution in [0.3, 0.4) is 0 Å². The summed E-state index contributed by atoms with van der Waals surface area (Å²) in [7, 11) is 0. The standard InChI is InChI=1S/C15H19ClF2N2O/c1-14(2,10-4-3-5-11(16)6-10)8-20-13(21)12-7-15(17,18)9-19-12/h3-6,12,19H,7-9H2,1-2H3,(H,20,21). The van der Waals surface area contributed by atoms with Gasteiger partial charge < -0.3 is 5.32 Å². The highest BCUT2D eigenvalue weighted by Crippen LogP contribution is 2.27. The molecule has 1 aromatic carbocycles. The summed E-state index contributed by atoms with van der Waals surface area (Å²) in [6, 6.07) is 6.58. The van der Waals surface area contributed by atoms with Crippen LogP contribution in [0.15, 0.2) is 24.3 Å². The third-order valence-electron chi connectivity index (χ3n) is 3.74. The third-order valence-corrected chi connectivity index (χ3v) is 3.97. The highest BCUT2D eigenvalue weighted by atomic mass is 35.5. The van der Waals surface area contributed by atoms with Gasteiger partial charge in [-0.15, -0.1) is 0 Å². The molecule has 1 fully saturated rings. The summed E-state index contributed by atoms with van der Waals surface area (Å²) < 4.78 is 26.2. The van der Waals surface area contributed by atoms with Crippen molar-refractivity contribution in [1.29, 1.82) is 0 Å². The zero-order chi connectivity index (χ0) is 15.7. The van der Waals surface area contributed by atoms with Crippen molar-refractivity contribution in [3.05, 3.63) is 34.9 Å². The van der Waals surface area contributed by atoms with E-state index in [-0.39, 0.29) is 11.3 Å². The Morgan fingerprint density at radius 2 is 2.24 bits per heavy atom. The van der Waals surface area contributed by atoms with Crippen LogP contribution in [-0.2, 0) is 10.2 Å². The van der Waals surface area contributed by atoms with Crippen molar-refractivity contribution in [2.24, 2.45) is 0 Å². The van der Waals surface area contributed by atoms with Gasteiger partial charge in [0.2, 0.25) is 5.91 Å². The average Bonchev–Trinajstić information content (AvgIpc) is 2.76. The first-order valence-electron chi connectivity index (χ1n) is 6.85. The van der Waals surface area contributed by atoms with Gasteiger partial charge in [-0.1, -0.05) is 37.6 Å². The molecule has 3 nitrogen and oxygen atoms in total. The molecule has 6 heteroatoms. The lowest BCUT2D eigenvalue weighted by Gasteiger charge is -2.26. The van der Waals surface area contributed by atoms with Gasteiger partial charge in [0.1, 0.15) is 0 Å². The number of halogens is 3. The number of hydrogen-bond acceptors (Lipinski definition) is 2. The van der Waals surface area contributed by atoms with Crippen LogP contribution >= 0.6 is 11.6 Å². The first kappa shape index (κ1) is 16.2. The van der Waals surface area contributed by atoms with Crippen molar-refractivity contribution in [2.45, 2.75) is 37.6 Å². The summed E-state index contributed by atoms with van der Waals surface area (Å²) in [6.07, 6.45) is -0.448. The number of carbonyl (C=O) groups excluding carboxylic acids is 1. The molecular formula is C15H19ClF2N2O. The van der Waals surface area contributed by atoms with Crippen molar-refractivity contribution < 1.29 is 13.6 Å². The maximum Gasteiger partial charge on any atom is 0.262 e. The Morgan fingerprint density at radius 3 is 2.81 bits per heavy atom. The molecule has 0 bridgehead atoms. The molecule has 1 unspecified atom stereocenters. The van der Waals surface area contributed by atoms with E-state index in [0.717, 1.165) is 5.56 Å². The third kappa shape index (κ3) is 4.14. The highest BCUT2D eigenvalue weighted by Gasteiger charge is 2.42. The van der Waals surface area contributed by atoms with Gasteiger partial charge in [0.15, 0.2) is 0 Å². The predicted molar refractivity (Wildman–Crippen MR) is 78.8 cm³/mol. The second-order valence-electron chi connectivity index (χ2n) is 6.11. The SMILES string of the molecule is CC(C)(CNC(=O)C1CC(F)(F)CN1)c1cccc(Cl)c1. The zero-order valence-electron chi connectivity index (χ0n) is 12.1. The summed E-state index contributed by atoms with van der Waals surface area (Å²) in [5.41, 5.74) is 0.654. The molecule has 21 heavy (non-hydrogen) atoms. The quantitative estimate of drug-likeness (QED) is 0.897. The van der Waals surface area contributed by atoms with Gasteiger partial charge in [0.05, 0.1) is 12.6 Å². The Morgan fingerprint density at radius 1 is 1.52 bits per heavy atom. The summed E-state index contributed by atoms with van der Waals surface area (Å²) in [4.78, 5) is 11.9. The maximum absolute atomic E-state index is 13.1. The van der Waals surface area contributed by atoms with E-state index in [0.29, 0.717) is 11.6 Å². The molecule has 1 aromatic rings. The molecule has 1 atom stereocenters. The molecule has 0 spiro atoms. The fourth-order valence-corrected chi connectivity index (χ4v) is 2.53. The summed E-state index contributed by atoms with van der Waals surface area (Å²) >= 11 is 5.97. The minimum atomic E-state index is -2.80. The van der Waals surface area contributed by atoms with Gasteiger partial charge in [-0.05, 0) is 17.7 Å². The lowest BCUT2D eigenvalue weighted by molar-refractivity contribution is -0.123. The molecule has 2 rings (SSSR count). The fourth-order valence-electron chi connectivity index (χ4n) is 2.34. The molecule has 2 N–H and O–H groups in total. The Labute approximate surface area is 128 Å². The monoisotopic (exact) mass is 316 g/mol. The van der Waals surface area contributed by atoms with Crippen molar-refractivity contribution in [1.82, 2.24) is 10.6 Å². The van der Waals surface area contributed by atoms with E-state index in [9.17, 15) is 13.6 Å². The van der Waals surface area contributed by atoms with Crippen LogP contribution < -0.4 is 10.6 Å². The Hall–Kier alpha value is -1.20. The Kier molecular flexibility index (Phi) is 4.54. The molecule has 1 amide bonds. The summed E-state index contributed by atoms with van der Waals surface area (Å²) in [6.45, 7) is 3.85. The second kappa shape index (κ2) is 5.89. The average molecular weight is 317 g/mol. The fraction of sp³-hybridized carbons (Fsp3) is 0.533. The van der Waals surface area contributed by atoms with E-state index in [1.807, 2.05) is 32.0 Å². The molecule has 1 saturated heterocycles. The first-order chi connectivity index (χ1) is 9.70. The Bertz CT molecular complexity index is 534. The summed E-state index contributed by atoms with van der Waals surface area (Å²) in [5.74, 6) is -3.19. The largest absolute Gasteiger partial charge is 0.354 e. The molecule has 0 aromatic heterocycles. The number of amides is 1. The van der Waals surface area contributed by atoms with Gasteiger partial charge >= 0.3 is 0 Å². The van der Waals surface area contributed by atoms with Gasteiger partial charge in [-0.25, -0.2) is 8.78 Å². The van der Waals surface area contributed by atoms with Gasteiger partial charge in [0.25, 0.3) is 5.92 Å². The lowest BCUT2D eigenvalue weighted by Crippen LogP contribution is -2.45. The topological polar surface area (TPSA) is 41.1 Å². The van der Waals surface area contributed by atoms with Crippen LogP contribution in [0.4, 0.5) is 8.78 Å². The van der Waals surface area contributed by atoms with E-state index in [4.69, 9.17) is 11.6 Å². The van der Waals surface area contributed by atoms with Crippen LogP contribution in [0.25, 0.3) is 0 Å². The molecule has 1 aliphatic rings. The van der Waals surface area contributed by atoms with E-state index < -0.39 is 24.9 Å². The lowest BCUT2D eigenvalue weighted by atomic mass is 9.84. The van der Waals surface area contributed by atoms with Gasteiger partial charge in [-0.3, -0.25) is 10.1 Å². The van der Waals surface area contributed by atoms with Crippen LogP contribution in [0.5, 0.6) is 0 Å². The molecule has 0 aliphatic carbocycles. The van der Waals surface area contributed by atoms with Crippen LogP contribution in [0.2, 0.25) is 5.02 Å². The van der Waals surface area contributed by atoms with Crippen LogP contribution in [0, 0.1) is 0 Å². The number of carbonyl (C=O) groups is 1. The molecule has 116 valence electrons. The minimum absolute atomic E-state index is 0.332. The van der Waals surface area contributed by atoms with Crippen LogP contribution in [0.1, 0.15) is 25.8 Å². The number of nitrogens with one attached hydrogen (secondary N) is 2. The van der Waals surface area contributed by atoms with Crippen LogP contribution in [-0.4, -0.2) is 31.0 Å². The molecule has 0 saturated carbocycles. The number of alkyl halides is 2. The summed E-state index contributed by atoms with van der Waals surface area (Å²) in [5, 5.41) is 5.92. The van der Waals surface area contributed by atoms with E-state index >= 15 is 0 Å². The number of hydrogen-bond donors (Lipinski definition) is 2.